The molecule has 1 aliphatic heterocycles. The smallest absolute Gasteiger partial charge is 0.292 e. The van der Waals surface area contributed by atoms with Gasteiger partial charge in [-0.2, -0.15) is 0 Å². The molecule has 2 aromatic carbocycles. The number of nitrogens with one attached hydrogen (secondary N) is 1. The standard InChI is InChI=1S/C16H14N2O5/c1-10-15(23-14-9-5-4-8-13(14)22-10)16(19)17-11-6-2-3-7-12(11)18(20)21/h2-10,15H,1H3,(H,17,19)/t10-,15+/m0/s1. The maximum Gasteiger partial charge on any atom is 0.292 e. The van der Waals surface area contributed by atoms with Crippen molar-refractivity contribution in [1.82, 2.24) is 0 Å². The lowest BCUT2D eigenvalue weighted by molar-refractivity contribution is -0.383. The minimum atomic E-state index is -0.898. The first-order valence-corrected chi connectivity index (χ1v) is 7.03. The highest BCUT2D eigenvalue weighted by atomic mass is 16.6. The third kappa shape index (κ3) is 2.94. The quantitative estimate of drug-likeness (QED) is 0.695. The van der Waals surface area contributed by atoms with Crippen LogP contribution in [0.1, 0.15) is 6.92 Å². The molecule has 1 aliphatic rings. The van der Waals surface area contributed by atoms with Gasteiger partial charge in [0.15, 0.2) is 11.5 Å². The molecule has 3 rings (SSSR count). The summed E-state index contributed by atoms with van der Waals surface area (Å²) >= 11 is 0. The molecule has 0 aliphatic carbocycles. The number of anilines is 1. The minimum absolute atomic E-state index is 0.122. The molecule has 0 fully saturated rings. The van der Waals surface area contributed by atoms with E-state index in [1.54, 1.807) is 31.2 Å². The van der Waals surface area contributed by atoms with E-state index in [4.69, 9.17) is 9.47 Å². The van der Waals surface area contributed by atoms with E-state index < -0.39 is 23.0 Å². The van der Waals surface area contributed by atoms with Crippen LogP contribution in [0.15, 0.2) is 48.5 Å². The van der Waals surface area contributed by atoms with Crippen LogP contribution in [0, 0.1) is 10.1 Å². The molecule has 0 radical (unpaired) electrons. The molecule has 1 amide bonds. The SMILES string of the molecule is C[C@@H]1Oc2ccccc2O[C@H]1C(=O)Nc1ccccc1[N+](=O)[O-]. The Morgan fingerprint density at radius 2 is 1.70 bits per heavy atom. The van der Waals surface area contributed by atoms with Gasteiger partial charge in [0.1, 0.15) is 11.8 Å². The van der Waals surface area contributed by atoms with E-state index in [0.717, 1.165) is 0 Å². The van der Waals surface area contributed by atoms with Crippen LogP contribution in [-0.2, 0) is 4.79 Å². The molecule has 0 bridgehead atoms. The van der Waals surface area contributed by atoms with E-state index in [1.807, 2.05) is 6.07 Å². The molecule has 1 N–H and O–H groups in total. The molecule has 0 unspecified atom stereocenters. The Balaban J connectivity index is 1.81. The van der Waals surface area contributed by atoms with Crippen molar-refractivity contribution < 1.29 is 19.2 Å². The Hall–Kier alpha value is -3.09. The molecule has 7 nitrogen and oxygen atoms in total. The van der Waals surface area contributed by atoms with Crippen LogP contribution in [0.2, 0.25) is 0 Å². The van der Waals surface area contributed by atoms with Gasteiger partial charge in [-0.15, -0.1) is 0 Å². The van der Waals surface area contributed by atoms with Gasteiger partial charge < -0.3 is 14.8 Å². The van der Waals surface area contributed by atoms with Gasteiger partial charge in [0, 0.05) is 6.07 Å². The van der Waals surface area contributed by atoms with Crippen LogP contribution in [0.25, 0.3) is 0 Å². The largest absolute Gasteiger partial charge is 0.482 e. The molecule has 0 spiro atoms. The predicted octanol–water partition coefficient (Wildman–Crippen LogP) is 2.76. The van der Waals surface area contributed by atoms with Crippen LogP contribution < -0.4 is 14.8 Å². The number of hydrogen-bond acceptors (Lipinski definition) is 5. The minimum Gasteiger partial charge on any atom is -0.482 e. The lowest BCUT2D eigenvalue weighted by Gasteiger charge is -2.30. The highest BCUT2D eigenvalue weighted by molar-refractivity contribution is 5.96. The molecule has 1 heterocycles. The number of benzene rings is 2. The monoisotopic (exact) mass is 314 g/mol. The number of rotatable bonds is 3. The van der Waals surface area contributed by atoms with Crippen molar-refractivity contribution in [1.29, 1.82) is 0 Å². The summed E-state index contributed by atoms with van der Waals surface area (Å²) in [7, 11) is 0. The van der Waals surface area contributed by atoms with Gasteiger partial charge in [-0.25, -0.2) is 0 Å². The molecule has 2 atom stereocenters. The summed E-state index contributed by atoms with van der Waals surface area (Å²) < 4.78 is 11.3. The fraction of sp³-hybridized carbons (Fsp3) is 0.188. The van der Waals surface area contributed by atoms with Crippen LogP contribution in [-0.4, -0.2) is 23.0 Å². The number of nitrogens with zero attached hydrogens (tertiary/aromatic N) is 1. The zero-order valence-corrected chi connectivity index (χ0v) is 12.3. The van der Waals surface area contributed by atoms with Gasteiger partial charge >= 0.3 is 0 Å². The lowest BCUT2D eigenvalue weighted by Crippen LogP contribution is -2.46. The van der Waals surface area contributed by atoms with Crippen LogP contribution in [0.5, 0.6) is 11.5 Å². The molecular formula is C16H14N2O5. The van der Waals surface area contributed by atoms with E-state index in [1.165, 1.54) is 18.2 Å². The maximum atomic E-state index is 12.4. The van der Waals surface area contributed by atoms with Crippen molar-refractivity contribution in [3.63, 3.8) is 0 Å². The van der Waals surface area contributed by atoms with Gasteiger partial charge in [0.2, 0.25) is 6.10 Å². The van der Waals surface area contributed by atoms with Gasteiger partial charge in [-0.1, -0.05) is 24.3 Å². The molecule has 0 saturated heterocycles. The summed E-state index contributed by atoms with van der Waals surface area (Å²) in [6.45, 7) is 1.71. The number of carbonyl (C=O) groups excluding carboxylic acids is 1. The molecule has 23 heavy (non-hydrogen) atoms. The third-order valence-electron chi connectivity index (χ3n) is 3.46. The Morgan fingerprint density at radius 3 is 2.39 bits per heavy atom. The second kappa shape index (κ2) is 5.96. The molecule has 118 valence electrons. The van der Waals surface area contributed by atoms with Gasteiger partial charge in [0.05, 0.1) is 4.92 Å². The van der Waals surface area contributed by atoms with E-state index in [0.29, 0.717) is 11.5 Å². The van der Waals surface area contributed by atoms with Crippen molar-refractivity contribution >= 4 is 17.3 Å². The fourth-order valence-electron chi connectivity index (χ4n) is 2.35. The summed E-state index contributed by atoms with van der Waals surface area (Å²) in [6.07, 6.45) is -1.42. The number of nitro benzene ring substituents is 1. The summed E-state index contributed by atoms with van der Waals surface area (Å²) in [5, 5.41) is 13.5. The number of hydrogen-bond donors (Lipinski definition) is 1. The fourth-order valence-corrected chi connectivity index (χ4v) is 2.35. The first-order chi connectivity index (χ1) is 11.1. The number of nitro groups is 1. The molecule has 0 saturated carbocycles. The zero-order chi connectivity index (χ0) is 16.4. The van der Waals surface area contributed by atoms with Crippen LogP contribution >= 0.6 is 0 Å². The Labute approximate surface area is 132 Å². The van der Waals surface area contributed by atoms with Crippen molar-refractivity contribution in [2.75, 3.05) is 5.32 Å². The average Bonchev–Trinajstić information content (AvgIpc) is 2.54. The van der Waals surface area contributed by atoms with E-state index in [-0.39, 0.29) is 11.4 Å². The van der Waals surface area contributed by atoms with E-state index >= 15 is 0 Å². The molecule has 2 aromatic rings. The second-order valence-corrected chi connectivity index (χ2v) is 5.07. The Bertz CT molecular complexity index is 762. The number of para-hydroxylation sites is 4. The highest BCUT2D eigenvalue weighted by Crippen LogP contribution is 2.34. The third-order valence-corrected chi connectivity index (χ3v) is 3.46. The van der Waals surface area contributed by atoms with Crippen molar-refractivity contribution in [3.8, 4) is 11.5 Å². The molecular weight excluding hydrogens is 300 g/mol. The number of amides is 1. The van der Waals surface area contributed by atoms with Gasteiger partial charge in [-0.3, -0.25) is 14.9 Å². The molecule has 0 aromatic heterocycles. The first kappa shape index (κ1) is 14.8. The summed E-state index contributed by atoms with van der Waals surface area (Å²) in [5.74, 6) is 0.532. The lowest BCUT2D eigenvalue weighted by atomic mass is 10.1. The molecule has 7 heteroatoms. The Morgan fingerprint density at radius 1 is 1.09 bits per heavy atom. The zero-order valence-electron chi connectivity index (χ0n) is 12.3. The van der Waals surface area contributed by atoms with Gasteiger partial charge in [-0.05, 0) is 25.1 Å². The van der Waals surface area contributed by atoms with Gasteiger partial charge in [0.25, 0.3) is 11.6 Å². The first-order valence-electron chi connectivity index (χ1n) is 7.03. The van der Waals surface area contributed by atoms with Crippen molar-refractivity contribution in [3.05, 3.63) is 58.6 Å². The number of fused-ring (bicyclic) bond motifs is 1. The highest BCUT2D eigenvalue weighted by Gasteiger charge is 2.34. The summed E-state index contributed by atoms with van der Waals surface area (Å²) in [5.41, 5.74) is -0.0530. The number of ether oxygens (including phenoxy) is 2. The van der Waals surface area contributed by atoms with E-state index in [2.05, 4.69) is 5.32 Å². The summed E-state index contributed by atoms with van der Waals surface area (Å²) in [6, 6.07) is 13.0. The van der Waals surface area contributed by atoms with E-state index in [9.17, 15) is 14.9 Å². The predicted molar refractivity (Wildman–Crippen MR) is 82.7 cm³/mol. The maximum absolute atomic E-state index is 12.4. The van der Waals surface area contributed by atoms with Crippen molar-refractivity contribution in [2.45, 2.75) is 19.1 Å². The normalized spacial score (nSPS) is 19.0. The van der Waals surface area contributed by atoms with Crippen LogP contribution in [0.4, 0.5) is 11.4 Å². The average molecular weight is 314 g/mol. The summed E-state index contributed by atoms with van der Waals surface area (Å²) in [4.78, 5) is 22.9. The van der Waals surface area contributed by atoms with Crippen LogP contribution in [0.3, 0.4) is 0 Å². The topological polar surface area (TPSA) is 90.7 Å². The van der Waals surface area contributed by atoms with Crippen molar-refractivity contribution in [2.24, 2.45) is 0 Å². The Kier molecular flexibility index (Phi) is 3.84. The number of carbonyl (C=O) groups is 1. The second-order valence-electron chi connectivity index (χ2n) is 5.07.